The number of fused-ring (bicyclic) bond motifs is 3. The normalized spacial score (nSPS) is 22.9. The molecule has 4 rings (SSSR count). The van der Waals surface area contributed by atoms with Crippen molar-refractivity contribution in [2.24, 2.45) is 5.92 Å². The fourth-order valence-electron chi connectivity index (χ4n) is 3.80. The SMILES string of the molecule is C[C@@H]1CCc2c(sc3[nH]c(=O)c(C(=O)NC[C@@H]4CCCO4)c(O)c23)C1. The molecular formula is C18H22N2O4S. The van der Waals surface area contributed by atoms with Crippen molar-refractivity contribution in [2.45, 2.75) is 45.1 Å². The van der Waals surface area contributed by atoms with Crippen molar-refractivity contribution in [3.63, 3.8) is 0 Å². The molecule has 1 amide bonds. The molecule has 134 valence electrons. The second kappa shape index (κ2) is 6.46. The number of hydrogen-bond donors (Lipinski definition) is 3. The Morgan fingerprint density at radius 2 is 2.28 bits per heavy atom. The van der Waals surface area contributed by atoms with Crippen molar-refractivity contribution in [3.8, 4) is 5.75 Å². The van der Waals surface area contributed by atoms with Crippen LogP contribution < -0.4 is 10.9 Å². The number of aromatic nitrogens is 1. The van der Waals surface area contributed by atoms with E-state index in [1.165, 1.54) is 16.2 Å². The molecule has 1 aliphatic heterocycles. The summed E-state index contributed by atoms with van der Waals surface area (Å²) in [6.07, 6.45) is 4.75. The highest BCUT2D eigenvalue weighted by atomic mass is 32.1. The number of H-pyrrole nitrogens is 1. The lowest BCUT2D eigenvalue weighted by atomic mass is 9.89. The Hall–Kier alpha value is -1.86. The number of pyridine rings is 1. The Morgan fingerprint density at radius 1 is 1.44 bits per heavy atom. The summed E-state index contributed by atoms with van der Waals surface area (Å²) in [7, 11) is 0. The van der Waals surface area contributed by atoms with E-state index in [2.05, 4.69) is 17.2 Å². The van der Waals surface area contributed by atoms with Gasteiger partial charge in [0.25, 0.3) is 11.5 Å². The predicted octanol–water partition coefficient (Wildman–Crippen LogP) is 2.33. The molecule has 25 heavy (non-hydrogen) atoms. The topological polar surface area (TPSA) is 91.4 Å². The molecule has 7 heteroatoms. The van der Waals surface area contributed by atoms with Crippen molar-refractivity contribution in [3.05, 3.63) is 26.4 Å². The van der Waals surface area contributed by atoms with Crippen LogP contribution in [-0.4, -0.2) is 35.3 Å². The molecule has 0 radical (unpaired) electrons. The van der Waals surface area contributed by atoms with E-state index in [1.54, 1.807) is 0 Å². The number of aromatic hydroxyl groups is 1. The van der Waals surface area contributed by atoms with Crippen LogP contribution in [0.15, 0.2) is 4.79 Å². The van der Waals surface area contributed by atoms with Gasteiger partial charge >= 0.3 is 0 Å². The average molecular weight is 362 g/mol. The van der Waals surface area contributed by atoms with Gasteiger partial charge < -0.3 is 20.1 Å². The van der Waals surface area contributed by atoms with Gasteiger partial charge in [-0.2, -0.15) is 0 Å². The number of carbonyl (C=O) groups excluding carboxylic acids is 1. The minimum Gasteiger partial charge on any atom is -0.506 e. The zero-order valence-corrected chi connectivity index (χ0v) is 15.0. The summed E-state index contributed by atoms with van der Waals surface area (Å²) in [5.41, 5.74) is 0.353. The molecule has 0 saturated carbocycles. The summed E-state index contributed by atoms with van der Waals surface area (Å²) in [6, 6.07) is 0. The number of carbonyl (C=O) groups is 1. The number of ether oxygens (including phenoxy) is 1. The van der Waals surface area contributed by atoms with Crippen LogP contribution in [0.1, 0.15) is 47.0 Å². The Morgan fingerprint density at radius 3 is 3.04 bits per heavy atom. The average Bonchev–Trinajstić information content (AvgIpc) is 3.19. The minimum absolute atomic E-state index is 0.00991. The van der Waals surface area contributed by atoms with Crippen LogP contribution in [0.3, 0.4) is 0 Å². The summed E-state index contributed by atoms with van der Waals surface area (Å²) in [5, 5.41) is 14.1. The van der Waals surface area contributed by atoms with Crippen LogP contribution in [0.25, 0.3) is 10.2 Å². The molecule has 1 fully saturated rings. The first-order valence-corrected chi connectivity index (χ1v) is 9.65. The third-order valence-corrected chi connectivity index (χ3v) is 6.35. The number of aromatic amines is 1. The van der Waals surface area contributed by atoms with Gasteiger partial charge in [-0.05, 0) is 43.6 Å². The molecule has 0 bridgehead atoms. The van der Waals surface area contributed by atoms with Gasteiger partial charge in [-0.15, -0.1) is 11.3 Å². The number of amides is 1. The van der Waals surface area contributed by atoms with Crippen molar-refractivity contribution in [1.29, 1.82) is 0 Å². The van der Waals surface area contributed by atoms with Crippen LogP contribution in [0, 0.1) is 5.92 Å². The maximum Gasteiger partial charge on any atom is 0.265 e. The molecule has 6 nitrogen and oxygen atoms in total. The minimum atomic E-state index is -0.541. The zero-order chi connectivity index (χ0) is 17.6. The summed E-state index contributed by atoms with van der Waals surface area (Å²) < 4.78 is 5.48. The highest BCUT2D eigenvalue weighted by molar-refractivity contribution is 7.18. The van der Waals surface area contributed by atoms with Crippen LogP contribution in [-0.2, 0) is 17.6 Å². The summed E-state index contributed by atoms with van der Waals surface area (Å²) in [4.78, 5) is 29.5. The lowest BCUT2D eigenvalue weighted by molar-refractivity contribution is 0.0854. The smallest absolute Gasteiger partial charge is 0.265 e. The largest absolute Gasteiger partial charge is 0.506 e. The quantitative estimate of drug-likeness (QED) is 0.781. The number of nitrogens with one attached hydrogen (secondary N) is 2. The third-order valence-electron chi connectivity index (χ3n) is 5.18. The number of thiophene rings is 1. The molecule has 2 aliphatic rings. The molecule has 1 aliphatic carbocycles. The van der Waals surface area contributed by atoms with Crippen molar-refractivity contribution in [2.75, 3.05) is 13.2 Å². The van der Waals surface area contributed by atoms with E-state index in [9.17, 15) is 14.7 Å². The van der Waals surface area contributed by atoms with Crippen molar-refractivity contribution in [1.82, 2.24) is 10.3 Å². The van der Waals surface area contributed by atoms with Crippen LogP contribution in [0.5, 0.6) is 5.75 Å². The summed E-state index contributed by atoms with van der Waals surface area (Å²) in [5.74, 6) is -0.125. The monoisotopic (exact) mass is 362 g/mol. The van der Waals surface area contributed by atoms with E-state index >= 15 is 0 Å². The van der Waals surface area contributed by atoms with Gasteiger partial charge in [0.15, 0.2) is 0 Å². The van der Waals surface area contributed by atoms with E-state index in [4.69, 9.17) is 4.74 Å². The second-order valence-electron chi connectivity index (χ2n) is 7.08. The van der Waals surface area contributed by atoms with E-state index in [0.29, 0.717) is 29.3 Å². The second-order valence-corrected chi connectivity index (χ2v) is 8.18. The van der Waals surface area contributed by atoms with Gasteiger partial charge in [-0.3, -0.25) is 9.59 Å². The molecule has 3 N–H and O–H groups in total. The van der Waals surface area contributed by atoms with Crippen LogP contribution in [0.2, 0.25) is 0 Å². The first kappa shape index (κ1) is 16.6. The number of rotatable bonds is 3. The van der Waals surface area contributed by atoms with E-state index in [-0.39, 0.29) is 17.4 Å². The molecule has 0 unspecified atom stereocenters. The van der Waals surface area contributed by atoms with Gasteiger partial charge in [0.05, 0.1) is 11.5 Å². The lowest BCUT2D eigenvalue weighted by Crippen LogP contribution is -2.35. The van der Waals surface area contributed by atoms with Crippen LogP contribution in [0.4, 0.5) is 0 Å². The number of hydrogen-bond acceptors (Lipinski definition) is 5. The Balaban J connectivity index is 1.69. The molecular weight excluding hydrogens is 340 g/mol. The Kier molecular flexibility index (Phi) is 4.29. The molecule has 2 aromatic rings. The van der Waals surface area contributed by atoms with Gasteiger partial charge in [-0.25, -0.2) is 0 Å². The summed E-state index contributed by atoms with van der Waals surface area (Å²) >= 11 is 1.52. The molecule has 0 aromatic carbocycles. The van der Waals surface area contributed by atoms with E-state index < -0.39 is 11.5 Å². The van der Waals surface area contributed by atoms with Gasteiger partial charge in [0.1, 0.15) is 16.1 Å². The van der Waals surface area contributed by atoms with Crippen molar-refractivity contribution >= 4 is 27.5 Å². The molecule has 2 aromatic heterocycles. The molecule has 2 atom stereocenters. The highest BCUT2D eigenvalue weighted by Gasteiger charge is 2.27. The first-order valence-electron chi connectivity index (χ1n) is 8.84. The molecule has 0 spiro atoms. The predicted molar refractivity (Wildman–Crippen MR) is 96.6 cm³/mol. The Bertz CT molecular complexity index is 879. The fourth-order valence-corrected chi connectivity index (χ4v) is 5.21. The standard InChI is InChI=1S/C18H22N2O4S/c1-9-4-5-11-12(7-9)25-18-13(11)15(21)14(17(23)20-18)16(22)19-8-10-3-2-6-24-10/h9-10H,2-8H2,1H3,(H,19,22)(H2,20,21,23)/t9-,10+/m1/s1. The molecule has 1 saturated heterocycles. The van der Waals surface area contributed by atoms with Gasteiger partial charge in [0.2, 0.25) is 0 Å². The molecule has 3 heterocycles. The van der Waals surface area contributed by atoms with E-state index in [1.807, 2.05) is 0 Å². The maximum absolute atomic E-state index is 12.5. The first-order chi connectivity index (χ1) is 12.0. The summed E-state index contributed by atoms with van der Waals surface area (Å²) in [6.45, 7) is 3.27. The Labute approximate surface area is 149 Å². The lowest BCUT2D eigenvalue weighted by Gasteiger charge is -2.18. The van der Waals surface area contributed by atoms with Gasteiger partial charge in [-0.1, -0.05) is 6.92 Å². The van der Waals surface area contributed by atoms with Gasteiger partial charge in [0, 0.05) is 18.0 Å². The zero-order valence-electron chi connectivity index (χ0n) is 14.2. The third kappa shape index (κ3) is 2.95. The fraction of sp³-hybridized carbons (Fsp3) is 0.556. The number of aryl methyl sites for hydroxylation is 1. The van der Waals surface area contributed by atoms with E-state index in [0.717, 1.165) is 37.7 Å². The maximum atomic E-state index is 12.5. The van der Waals surface area contributed by atoms with Crippen molar-refractivity contribution < 1.29 is 14.6 Å². The highest BCUT2D eigenvalue weighted by Crippen LogP contribution is 2.41. The van der Waals surface area contributed by atoms with Crippen LogP contribution >= 0.6 is 11.3 Å².